The number of amides is 1. The largest absolute Gasteiger partial charge is 0.459 e. The van der Waals surface area contributed by atoms with E-state index in [4.69, 9.17) is 4.42 Å². The molecule has 4 aromatic rings. The Labute approximate surface area is 155 Å². The summed E-state index contributed by atoms with van der Waals surface area (Å²) in [5.74, 6) is -0.0677. The summed E-state index contributed by atoms with van der Waals surface area (Å²) in [5, 5.41) is 0.933. The quantitative estimate of drug-likeness (QED) is 0.592. The van der Waals surface area contributed by atoms with E-state index >= 15 is 0 Å². The molecule has 0 spiro atoms. The molecule has 0 radical (unpaired) electrons. The highest BCUT2D eigenvalue weighted by Crippen LogP contribution is 2.21. The van der Waals surface area contributed by atoms with Gasteiger partial charge < -0.3 is 14.3 Å². The first-order valence-electron chi connectivity index (χ1n) is 8.65. The number of pyridine rings is 1. The molecule has 0 bridgehead atoms. The minimum Gasteiger partial charge on any atom is -0.459 e. The van der Waals surface area contributed by atoms with Gasteiger partial charge in [0.25, 0.3) is 11.5 Å². The van der Waals surface area contributed by atoms with Crippen LogP contribution in [0.3, 0.4) is 0 Å². The number of anilines is 1. The standard InChI is InChI=1S/C22H18N2O3/c1-15-9-10-19-16(12-15)13-17(21(25)23-19)14-24(18-6-3-2-4-7-18)22(26)20-8-5-11-27-20/h2-13H,14H2,1H3,(H,23,25). The molecule has 0 fully saturated rings. The molecular formula is C22H18N2O3. The number of hydrogen-bond donors (Lipinski definition) is 1. The van der Waals surface area contributed by atoms with E-state index in [0.29, 0.717) is 11.3 Å². The van der Waals surface area contributed by atoms with E-state index in [9.17, 15) is 9.59 Å². The number of nitrogens with one attached hydrogen (secondary N) is 1. The van der Waals surface area contributed by atoms with E-state index in [0.717, 1.165) is 16.5 Å². The van der Waals surface area contributed by atoms with E-state index in [1.165, 1.54) is 6.26 Å². The normalized spacial score (nSPS) is 10.9. The van der Waals surface area contributed by atoms with Gasteiger partial charge in [-0.3, -0.25) is 9.59 Å². The Morgan fingerprint density at radius 1 is 1.04 bits per heavy atom. The second-order valence-electron chi connectivity index (χ2n) is 6.42. The predicted molar refractivity (Wildman–Crippen MR) is 105 cm³/mol. The number of para-hydroxylation sites is 1. The third-order valence-electron chi connectivity index (χ3n) is 4.45. The minimum absolute atomic E-state index is 0.142. The van der Waals surface area contributed by atoms with Gasteiger partial charge in [0, 0.05) is 16.8 Å². The molecule has 0 unspecified atom stereocenters. The number of benzene rings is 2. The molecule has 0 aliphatic heterocycles. The fourth-order valence-corrected chi connectivity index (χ4v) is 3.08. The van der Waals surface area contributed by atoms with Crippen LogP contribution in [0.2, 0.25) is 0 Å². The van der Waals surface area contributed by atoms with Crippen molar-refractivity contribution < 1.29 is 9.21 Å². The van der Waals surface area contributed by atoms with E-state index in [2.05, 4.69) is 4.98 Å². The lowest BCUT2D eigenvalue weighted by Gasteiger charge is -2.21. The van der Waals surface area contributed by atoms with Crippen molar-refractivity contribution in [3.05, 3.63) is 100 Å². The number of H-pyrrole nitrogens is 1. The van der Waals surface area contributed by atoms with Gasteiger partial charge in [-0.25, -0.2) is 0 Å². The predicted octanol–water partition coefficient (Wildman–Crippen LogP) is 4.28. The molecule has 5 nitrogen and oxygen atoms in total. The number of aryl methyl sites for hydroxylation is 1. The molecular weight excluding hydrogens is 340 g/mol. The summed E-state index contributed by atoms with van der Waals surface area (Å²) in [7, 11) is 0. The number of nitrogens with zero attached hydrogens (tertiary/aromatic N) is 1. The van der Waals surface area contributed by atoms with Crippen LogP contribution in [0.25, 0.3) is 10.9 Å². The van der Waals surface area contributed by atoms with E-state index in [-0.39, 0.29) is 23.8 Å². The van der Waals surface area contributed by atoms with Crippen molar-refractivity contribution in [1.29, 1.82) is 0 Å². The van der Waals surface area contributed by atoms with Crippen LogP contribution in [-0.4, -0.2) is 10.9 Å². The number of aromatic amines is 1. The van der Waals surface area contributed by atoms with Crippen molar-refractivity contribution in [3.63, 3.8) is 0 Å². The number of aromatic nitrogens is 1. The van der Waals surface area contributed by atoms with Crippen LogP contribution in [0.15, 0.2) is 82.2 Å². The molecule has 2 aromatic heterocycles. The zero-order valence-electron chi connectivity index (χ0n) is 14.8. The molecule has 4 rings (SSSR count). The first-order valence-corrected chi connectivity index (χ1v) is 8.65. The summed E-state index contributed by atoms with van der Waals surface area (Å²) >= 11 is 0. The first-order chi connectivity index (χ1) is 13.1. The maximum Gasteiger partial charge on any atom is 0.294 e. The van der Waals surface area contributed by atoms with Crippen LogP contribution in [0.5, 0.6) is 0 Å². The number of furan rings is 1. The van der Waals surface area contributed by atoms with Crippen molar-refractivity contribution in [1.82, 2.24) is 4.98 Å². The lowest BCUT2D eigenvalue weighted by atomic mass is 10.1. The second-order valence-corrected chi connectivity index (χ2v) is 6.42. The Bertz CT molecular complexity index is 1150. The first kappa shape index (κ1) is 16.8. The fourth-order valence-electron chi connectivity index (χ4n) is 3.08. The highest BCUT2D eigenvalue weighted by Gasteiger charge is 2.21. The van der Waals surface area contributed by atoms with Crippen LogP contribution < -0.4 is 10.5 Å². The molecule has 0 saturated heterocycles. The smallest absolute Gasteiger partial charge is 0.294 e. The van der Waals surface area contributed by atoms with Gasteiger partial charge in [-0.1, -0.05) is 29.8 Å². The minimum atomic E-state index is -0.296. The molecule has 134 valence electrons. The van der Waals surface area contributed by atoms with Gasteiger partial charge >= 0.3 is 0 Å². The van der Waals surface area contributed by atoms with Crippen molar-refractivity contribution >= 4 is 22.5 Å². The molecule has 27 heavy (non-hydrogen) atoms. The Balaban J connectivity index is 1.78. The molecule has 1 amide bonds. The van der Waals surface area contributed by atoms with Crippen molar-refractivity contribution in [2.45, 2.75) is 13.5 Å². The van der Waals surface area contributed by atoms with Gasteiger partial charge in [0.1, 0.15) is 0 Å². The average Bonchev–Trinajstić information content (AvgIpc) is 3.21. The third-order valence-corrected chi connectivity index (χ3v) is 4.45. The van der Waals surface area contributed by atoms with Gasteiger partial charge in [-0.05, 0) is 54.8 Å². The van der Waals surface area contributed by atoms with Gasteiger partial charge in [-0.15, -0.1) is 0 Å². The van der Waals surface area contributed by atoms with Gasteiger partial charge in [-0.2, -0.15) is 0 Å². The molecule has 2 heterocycles. The monoisotopic (exact) mass is 358 g/mol. The lowest BCUT2D eigenvalue weighted by Crippen LogP contribution is -2.32. The van der Waals surface area contributed by atoms with Gasteiger partial charge in [0.05, 0.1) is 12.8 Å². The fraction of sp³-hybridized carbons (Fsp3) is 0.0909. The summed E-state index contributed by atoms with van der Waals surface area (Å²) in [4.78, 5) is 30.0. The number of carbonyl (C=O) groups is 1. The molecule has 2 aromatic carbocycles. The Hall–Kier alpha value is -3.60. The highest BCUT2D eigenvalue weighted by atomic mass is 16.3. The number of carbonyl (C=O) groups excluding carboxylic acids is 1. The Kier molecular flexibility index (Phi) is 4.34. The molecule has 0 aliphatic carbocycles. The summed E-state index contributed by atoms with van der Waals surface area (Å²) in [6, 6.07) is 20.2. The number of rotatable bonds is 4. The Morgan fingerprint density at radius 2 is 1.85 bits per heavy atom. The molecule has 5 heteroatoms. The summed E-state index contributed by atoms with van der Waals surface area (Å²) in [6.45, 7) is 2.14. The van der Waals surface area contributed by atoms with Gasteiger partial charge in [0.15, 0.2) is 5.76 Å². The molecule has 1 N–H and O–H groups in total. The van der Waals surface area contributed by atoms with Crippen LogP contribution in [0.4, 0.5) is 5.69 Å². The van der Waals surface area contributed by atoms with Crippen molar-refractivity contribution in [2.75, 3.05) is 4.90 Å². The highest BCUT2D eigenvalue weighted by molar-refractivity contribution is 6.04. The molecule has 0 atom stereocenters. The summed E-state index contributed by atoms with van der Waals surface area (Å²) < 4.78 is 5.27. The lowest BCUT2D eigenvalue weighted by molar-refractivity contribution is 0.0958. The van der Waals surface area contributed by atoms with E-state index < -0.39 is 0 Å². The van der Waals surface area contributed by atoms with Crippen molar-refractivity contribution in [2.24, 2.45) is 0 Å². The van der Waals surface area contributed by atoms with Crippen molar-refractivity contribution in [3.8, 4) is 0 Å². The summed E-state index contributed by atoms with van der Waals surface area (Å²) in [6.07, 6.45) is 1.46. The van der Waals surface area contributed by atoms with Gasteiger partial charge in [0.2, 0.25) is 0 Å². The zero-order chi connectivity index (χ0) is 18.8. The number of fused-ring (bicyclic) bond motifs is 1. The van der Waals surface area contributed by atoms with Crippen LogP contribution in [0.1, 0.15) is 21.7 Å². The Morgan fingerprint density at radius 3 is 2.59 bits per heavy atom. The maximum atomic E-state index is 13.0. The zero-order valence-corrected chi connectivity index (χ0v) is 14.8. The van der Waals surface area contributed by atoms with Crippen LogP contribution >= 0.6 is 0 Å². The molecule has 0 saturated carbocycles. The van der Waals surface area contributed by atoms with Crippen LogP contribution in [-0.2, 0) is 6.54 Å². The van der Waals surface area contributed by atoms with Crippen LogP contribution in [0, 0.1) is 6.92 Å². The molecule has 0 aliphatic rings. The number of hydrogen-bond acceptors (Lipinski definition) is 3. The van der Waals surface area contributed by atoms with E-state index in [1.54, 1.807) is 17.0 Å². The van der Waals surface area contributed by atoms with E-state index in [1.807, 2.05) is 61.5 Å². The third kappa shape index (κ3) is 3.40. The second kappa shape index (κ2) is 6.96. The summed E-state index contributed by atoms with van der Waals surface area (Å²) in [5.41, 5.74) is 2.88. The topological polar surface area (TPSA) is 66.3 Å². The SMILES string of the molecule is Cc1ccc2[nH]c(=O)c(CN(C(=O)c3ccco3)c3ccccc3)cc2c1. The maximum absolute atomic E-state index is 13.0. The average molecular weight is 358 g/mol.